The smallest absolute Gasteiger partial charge is 0.271 e. The first-order valence-corrected chi connectivity index (χ1v) is 9.16. The van der Waals surface area contributed by atoms with Gasteiger partial charge in [-0.05, 0) is 24.1 Å². The Hall–Kier alpha value is -3.13. The molecular weight excluding hydrogens is 369 g/mol. The zero-order valence-corrected chi connectivity index (χ0v) is 14.8. The Morgan fingerprint density at radius 1 is 1.26 bits per heavy atom. The molecule has 6 nitrogen and oxygen atoms in total. The van der Waals surface area contributed by atoms with Crippen molar-refractivity contribution in [3.05, 3.63) is 81.1 Å². The van der Waals surface area contributed by atoms with Crippen molar-refractivity contribution >= 4 is 22.9 Å². The number of amides is 1. The molecule has 1 amide bonds. The normalized spacial score (nSPS) is 18.1. The van der Waals surface area contributed by atoms with E-state index in [1.54, 1.807) is 23.6 Å². The number of carbonyl (C=O) groups is 1. The van der Waals surface area contributed by atoms with Gasteiger partial charge in [0.25, 0.3) is 11.6 Å². The van der Waals surface area contributed by atoms with Crippen molar-refractivity contribution in [1.29, 1.82) is 0 Å². The minimum Gasteiger partial charge on any atom is -0.347 e. The molecule has 1 aliphatic rings. The number of nitrogens with zero attached hydrogens (tertiary/aromatic N) is 2. The van der Waals surface area contributed by atoms with Gasteiger partial charge in [0, 0.05) is 35.0 Å². The maximum absolute atomic E-state index is 13.3. The molecule has 4 rings (SSSR count). The lowest BCUT2D eigenvalue weighted by molar-refractivity contribution is -0.384. The van der Waals surface area contributed by atoms with Crippen molar-refractivity contribution in [2.24, 2.45) is 0 Å². The molecule has 1 aromatic heterocycles. The van der Waals surface area contributed by atoms with E-state index in [1.165, 1.54) is 35.6 Å². The van der Waals surface area contributed by atoms with Gasteiger partial charge in [0.2, 0.25) is 0 Å². The third-order valence-electron chi connectivity index (χ3n) is 4.42. The molecule has 1 saturated carbocycles. The topological polar surface area (TPSA) is 85.1 Å². The summed E-state index contributed by atoms with van der Waals surface area (Å²) in [6.45, 7) is 0. The van der Waals surface area contributed by atoms with E-state index < -0.39 is 4.92 Å². The molecule has 2 aromatic carbocycles. The van der Waals surface area contributed by atoms with Crippen LogP contribution in [0.2, 0.25) is 0 Å². The van der Waals surface area contributed by atoms with Gasteiger partial charge in [0.1, 0.15) is 16.5 Å². The molecule has 0 radical (unpaired) electrons. The summed E-state index contributed by atoms with van der Waals surface area (Å²) in [5.74, 6) is -0.475. The first-order chi connectivity index (χ1) is 13.0. The van der Waals surface area contributed by atoms with Gasteiger partial charge in [0.05, 0.1) is 4.92 Å². The number of rotatable bonds is 5. The summed E-state index contributed by atoms with van der Waals surface area (Å²) in [4.78, 5) is 27.1. The summed E-state index contributed by atoms with van der Waals surface area (Å²) in [5.41, 5.74) is 1.71. The van der Waals surface area contributed by atoms with E-state index in [-0.39, 0.29) is 35.1 Å². The van der Waals surface area contributed by atoms with E-state index in [1.807, 2.05) is 6.07 Å². The van der Waals surface area contributed by atoms with Gasteiger partial charge in [-0.1, -0.05) is 24.3 Å². The molecule has 136 valence electrons. The van der Waals surface area contributed by atoms with Crippen molar-refractivity contribution in [3.8, 4) is 10.6 Å². The number of hydrogen-bond donors (Lipinski definition) is 1. The molecule has 27 heavy (non-hydrogen) atoms. The lowest BCUT2D eigenvalue weighted by Crippen LogP contribution is -2.26. The van der Waals surface area contributed by atoms with Gasteiger partial charge in [-0.2, -0.15) is 0 Å². The summed E-state index contributed by atoms with van der Waals surface area (Å²) >= 11 is 1.25. The van der Waals surface area contributed by atoms with E-state index in [0.717, 1.165) is 12.0 Å². The molecule has 2 atom stereocenters. The molecule has 0 unspecified atom stereocenters. The van der Waals surface area contributed by atoms with E-state index >= 15 is 0 Å². The molecular formula is C19H14FN3O3S. The van der Waals surface area contributed by atoms with Gasteiger partial charge in [0.15, 0.2) is 0 Å². The van der Waals surface area contributed by atoms with Crippen LogP contribution < -0.4 is 5.32 Å². The van der Waals surface area contributed by atoms with Crippen LogP contribution in [0.1, 0.15) is 28.4 Å². The van der Waals surface area contributed by atoms with Crippen LogP contribution in [-0.2, 0) is 0 Å². The standard InChI is InChI=1S/C19H14FN3O3S/c20-13-5-1-3-11(7-13)15-9-16(15)21-18(24)17-10-27-19(22-17)12-4-2-6-14(8-12)23(25)26/h1-8,10,15-16H,9H2,(H,21,24)/t15-,16-/m0/s1. The van der Waals surface area contributed by atoms with E-state index in [0.29, 0.717) is 10.6 Å². The van der Waals surface area contributed by atoms with Crippen LogP contribution in [0.3, 0.4) is 0 Å². The average Bonchev–Trinajstić information content (AvgIpc) is 3.24. The second-order valence-electron chi connectivity index (χ2n) is 6.32. The quantitative estimate of drug-likeness (QED) is 0.530. The average molecular weight is 383 g/mol. The maximum Gasteiger partial charge on any atom is 0.271 e. The summed E-state index contributed by atoms with van der Waals surface area (Å²) in [6.07, 6.45) is 0.761. The highest BCUT2D eigenvalue weighted by Crippen LogP contribution is 2.41. The summed E-state index contributed by atoms with van der Waals surface area (Å²) in [7, 11) is 0. The second-order valence-corrected chi connectivity index (χ2v) is 7.18. The van der Waals surface area contributed by atoms with Gasteiger partial charge < -0.3 is 5.32 Å². The fraction of sp³-hybridized carbons (Fsp3) is 0.158. The lowest BCUT2D eigenvalue weighted by atomic mass is 10.1. The predicted octanol–water partition coefficient (Wildman–Crippen LogP) is 4.14. The van der Waals surface area contributed by atoms with E-state index in [4.69, 9.17) is 0 Å². The van der Waals surface area contributed by atoms with Crippen molar-refractivity contribution < 1.29 is 14.1 Å². The SMILES string of the molecule is O=C(N[C@H]1C[C@H]1c1cccc(F)c1)c1csc(-c2cccc([N+](=O)[O-])c2)n1. The van der Waals surface area contributed by atoms with Crippen LogP contribution in [0.25, 0.3) is 10.6 Å². The number of non-ortho nitro benzene ring substituents is 1. The van der Waals surface area contributed by atoms with Crippen molar-refractivity contribution in [2.45, 2.75) is 18.4 Å². The molecule has 8 heteroatoms. The number of nitrogens with one attached hydrogen (secondary N) is 1. The van der Waals surface area contributed by atoms with Crippen molar-refractivity contribution in [2.75, 3.05) is 0 Å². The van der Waals surface area contributed by atoms with Crippen LogP contribution in [0, 0.1) is 15.9 Å². The molecule has 0 aliphatic heterocycles. The molecule has 1 heterocycles. The van der Waals surface area contributed by atoms with Gasteiger partial charge in [-0.15, -0.1) is 11.3 Å². The number of benzene rings is 2. The molecule has 1 N–H and O–H groups in total. The molecule has 1 aliphatic carbocycles. The summed E-state index contributed by atoms with van der Waals surface area (Å²) in [6, 6.07) is 12.5. The van der Waals surface area contributed by atoms with Crippen LogP contribution in [0.4, 0.5) is 10.1 Å². The fourth-order valence-corrected chi connectivity index (χ4v) is 3.76. The Bertz CT molecular complexity index is 1040. The lowest BCUT2D eigenvalue weighted by Gasteiger charge is -2.03. The van der Waals surface area contributed by atoms with Crippen LogP contribution in [-0.4, -0.2) is 21.9 Å². The van der Waals surface area contributed by atoms with Crippen LogP contribution >= 0.6 is 11.3 Å². The zero-order chi connectivity index (χ0) is 19.0. The predicted molar refractivity (Wildman–Crippen MR) is 99.2 cm³/mol. The van der Waals surface area contributed by atoms with Gasteiger partial charge in [-0.3, -0.25) is 14.9 Å². The first kappa shape index (κ1) is 17.3. The number of hydrogen-bond acceptors (Lipinski definition) is 5. The second kappa shape index (κ2) is 6.88. The highest BCUT2D eigenvalue weighted by atomic mass is 32.1. The molecule has 0 spiro atoms. The Morgan fingerprint density at radius 2 is 2.07 bits per heavy atom. The number of thiazole rings is 1. The molecule has 1 fully saturated rings. The molecule has 0 saturated heterocycles. The Labute approximate surface area is 157 Å². The number of nitro benzene ring substituents is 1. The van der Waals surface area contributed by atoms with Crippen LogP contribution in [0.5, 0.6) is 0 Å². The molecule has 3 aromatic rings. The first-order valence-electron chi connectivity index (χ1n) is 8.28. The number of nitro groups is 1. The van der Waals surface area contributed by atoms with E-state index in [2.05, 4.69) is 10.3 Å². The van der Waals surface area contributed by atoms with E-state index in [9.17, 15) is 19.3 Å². The highest BCUT2D eigenvalue weighted by Gasteiger charge is 2.40. The third-order valence-corrected chi connectivity index (χ3v) is 5.32. The minimum atomic E-state index is -0.468. The monoisotopic (exact) mass is 383 g/mol. The van der Waals surface area contributed by atoms with Crippen LogP contribution in [0.15, 0.2) is 53.9 Å². The van der Waals surface area contributed by atoms with Gasteiger partial charge in [-0.25, -0.2) is 9.37 Å². The fourth-order valence-electron chi connectivity index (χ4n) is 2.97. The maximum atomic E-state index is 13.3. The summed E-state index contributed by atoms with van der Waals surface area (Å²) < 4.78 is 13.3. The Kier molecular flexibility index (Phi) is 4.41. The highest BCUT2D eigenvalue weighted by molar-refractivity contribution is 7.13. The Morgan fingerprint density at radius 3 is 2.85 bits per heavy atom. The minimum absolute atomic E-state index is 0.0235. The number of halogens is 1. The number of carbonyl (C=O) groups excluding carboxylic acids is 1. The Balaban J connectivity index is 1.44. The largest absolute Gasteiger partial charge is 0.347 e. The van der Waals surface area contributed by atoms with Crippen molar-refractivity contribution in [3.63, 3.8) is 0 Å². The van der Waals surface area contributed by atoms with Crippen molar-refractivity contribution in [1.82, 2.24) is 10.3 Å². The molecule has 0 bridgehead atoms. The number of aromatic nitrogens is 1. The summed E-state index contributed by atoms with van der Waals surface area (Å²) in [5, 5.41) is 16.0. The zero-order valence-electron chi connectivity index (χ0n) is 14.0. The van der Waals surface area contributed by atoms with Gasteiger partial charge >= 0.3 is 0 Å². The third kappa shape index (κ3) is 3.70.